The molecule has 6 nitrogen and oxygen atoms in total. The quantitative estimate of drug-likeness (QED) is 0.863. The lowest BCUT2D eigenvalue weighted by Crippen LogP contribution is -2.36. The summed E-state index contributed by atoms with van der Waals surface area (Å²) in [7, 11) is -2.38. The number of nitrogens with zero attached hydrogens (tertiary/aromatic N) is 1. The summed E-state index contributed by atoms with van der Waals surface area (Å²) in [5.41, 5.74) is 0.451. The van der Waals surface area contributed by atoms with Crippen molar-refractivity contribution < 1.29 is 17.9 Å². The summed E-state index contributed by atoms with van der Waals surface area (Å²) in [6.45, 7) is 1.02. The number of nitrogens with one attached hydrogen (secondary N) is 1. The smallest absolute Gasteiger partial charge is 0.339 e. The van der Waals surface area contributed by atoms with E-state index in [2.05, 4.69) is 9.46 Å². The summed E-state index contributed by atoms with van der Waals surface area (Å²) in [4.78, 5) is 11.7. The number of benzene rings is 1. The Labute approximate surface area is 125 Å². The highest BCUT2D eigenvalue weighted by Crippen LogP contribution is 2.20. The molecule has 21 heavy (non-hydrogen) atoms. The lowest BCUT2D eigenvalue weighted by molar-refractivity contribution is 0.0602. The second-order valence-electron chi connectivity index (χ2n) is 4.96. The SMILES string of the molecule is COC(=O)c1ccccc1NS(=O)(=O)N1CCCCCC1. The molecule has 0 radical (unpaired) electrons. The van der Waals surface area contributed by atoms with E-state index in [1.54, 1.807) is 18.2 Å². The molecule has 1 heterocycles. The maximum absolute atomic E-state index is 12.4. The summed E-state index contributed by atoms with van der Waals surface area (Å²) in [6.07, 6.45) is 3.81. The molecule has 1 fully saturated rings. The summed E-state index contributed by atoms with van der Waals surface area (Å²) >= 11 is 0. The molecule has 0 spiro atoms. The first kappa shape index (κ1) is 15.8. The number of hydrogen-bond acceptors (Lipinski definition) is 4. The molecule has 0 bridgehead atoms. The molecule has 2 rings (SSSR count). The fraction of sp³-hybridized carbons (Fsp3) is 0.500. The van der Waals surface area contributed by atoms with E-state index in [1.807, 2.05) is 0 Å². The Morgan fingerprint density at radius 3 is 2.38 bits per heavy atom. The minimum atomic E-state index is -3.65. The van der Waals surface area contributed by atoms with Crippen LogP contribution in [0.4, 0.5) is 5.69 Å². The molecular formula is C14H20N2O4S. The number of anilines is 1. The minimum absolute atomic E-state index is 0.207. The molecule has 0 unspecified atom stereocenters. The molecule has 1 aromatic carbocycles. The van der Waals surface area contributed by atoms with Crippen molar-refractivity contribution >= 4 is 21.9 Å². The van der Waals surface area contributed by atoms with Gasteiger partial charge >= 0.3 is 16.2 Å². The van der Waals surface area contributed by atoms with Gasteiger partial charge in [-0.3, -0.25) is 4.72 Å². The van der Waals surface area contributed by atoms with Gasteiger partial charge in [-0.15, -0.1) is 0 Å². The molecule has 1 N–H and O–H groups in total. The number of esters is 1. The van der Waals surface area contributed by atoms with E-state index in [0.717, 1.165) is 25.7 Å². The number of para-hydroxylation sites is 1. The van der Waals surface area contributed by atoms with E-state index in [0.29, 0.717) is 13.1 Å². The van der Waals surface area contributed by atoms with E-state index < -0.39 is 16.2 Å². The number of carbonyl (C=O) groups excluding carboxylic acids is 1. The third-order valence-corrected chi connectivity index (χ3v) is 5.00. The van der Waals surface area contributed by atoms with Crippen molar-refractivity contribution in [3.05, 3.63) is 29.8 Å². The normalized spacial score (nSPS) is 17.0. The van der Waals surface area contributed by atoms with Crippen molar-refractivity contribution in [2.24, 2.45) is 0 Å². The summed E-state index contributed by atoms with van der Waals surface area (Å²) in [6, 6.07) is 6.43. The summed E-state index contributed by atoms with van der Waals surface area (Å²) < 4.78 is 33.5. The molecule has 7 heteroatoms. The van der Waals surface area contributed by atoms with E-state index in [9.17, 15) is 13.2 Å². The molecular weight excluding hydrogens is 292 g/mol. The topological polar surface area (TPSA) is 75.7 Å². The highest BCUT2D eigenvalue weighted by Gasteiger charge is 2.24. The first-order chi connectivity index (χ1) is 10.0. The molecule has 0 saturated carbocycles. The summed E-state index contributed by atoms with van der Waals surface area (Å²) in [5, 5.41) is 0. The number of ether oxygens (including phenoxy) is 1. The second kappa shape index (κ2) is 6.91. The van der Waals surface area contributed by atoms with Crippen LogP contribution in [0.1, 0.15) is 36.0 Å². The number of hydrogen-bond donors (Lipinski definition) is 1. The van der Waals surface area contributed by atoms with Gasteiger partial charge < -0.3 is 4.74 Å². The van der Waals surface area contributed by atoms with E-state index in [-0.39, 0.29) is 11.3 Å². The van der Waals surface area contributed by atoms with Crippen LogP contribution in [0.25, 0.3) is 0 Å². The van der Waals surface area contributed by atoms with Gasteiger partial charge in [0.2, 0.25) is 0 Å². The highest BCUT2D eigenvalue weighted by molar-refractivity contribution is 7.90. The zero-order valence-corrected chi connectivity index (χ0v) is 12.9. The molecule has 0 amide bonds. The van der Waals surface area contributed by atoms with Gasteiger partial charge in [0.05, 0.1) is 18.4 Å². The molecule has 1 aliphatic rings. The van der Waals surface area contributed by atoms with Gasteiger partial charge in [-0.1, -0.05) is 25.0 Å². The van der Waals surface area contributed by atoms with Crippen LogP contribution in [0, 0.1) is 0 Å². The zero-order valence-electron chi connectivity index (χ0n) is 12.0. The Morgan fingerprint density at radius 2 is 1.76 bits per heavy atom. The fourth-order valence-electron chi connectivity index (χ4n) is 2.35. The lowest BCUT2D eigenvalue weighted by Gasteiger charge is -2.21. The van der Waals surface area contributed by atoms with Gasteiger partial charge in [-0.2, -0.15) is 12.7 Å². The molecule has 0 aromatic heterocycles. The third-order valence-electron chi connectivity index (χ3n) is 3.48. The van der Waals surface area contributed by atoms with E-state index in [1.165, 1.54) is 17.5 Å². The Balaban J connectivity index is 2.22. The Morgan fingerprint density at radius 1 is 1.14 bits per heavy atom. The van der Waals surface area contributed by atoms with E-state index in [4.69, 9.17) is 0 Å². The highest BCUT2D eigenvalue weighted by atomic mass is 32.2. The molecule has 1 saturated heterocycles. The second-order valence-corrected chi connectivity index (χ2v) is 6.63. The molecule has 0 atom stereocenters. The van der Waals surface area contributed by atoms with Crippen molar-refractivity contribution in [3.63, 3.8) is 0 Å². The number of carbonyl (C=O) groups is 1. The zero-order chi connectivity index (χ0) is 15.3. The maximum Gasteiger partial charge on any atom is 0.339 e. The van der Waals surface area contributed by atoms with Crippen LogP contribution in [0.3, 0.4) is 0 Å². The van der Waals surface area contributed by atoms with Crippen molar-refractivity contribution in [3.8, 4) is 0 Å². The van der Waals surface area contributed by atoms with E-state index >= 15 is 0 Å². The number of rotatable bonds is 4. The predicted octanol–water partition coefficient (Wildman–Crippen LogP) is 2.01. The molecule has 116 valence electrons. The summed E-state index contributed by atoms with van der Waals surface area (Å²) in [5.74, 6) is -0.566. The van der Waals surface area contributed by atoms with Crippen LogP contribution >= 0.6 is 0 Å². The minimum Gasteiger partial charge on any atom is -0.465 e. The van der Waals surface area contributed by atoms with Crippen LogP contribution < -0.4 is 4.72 Å². The average molecular weight is 312 g/mol. The standard InChI is InChI=1S/C14H20N2O4S/c1-20-14(17)12-8-4-5-9-13(12)15-21(18,19)16-10-6-2-3-7-11-16/h4-5,8-9,15H,2-3,6-7,10-11H2,1H3. The Kier molecular flexibility index (Phi) is 5.19. The lowest BCUT2D eigenvalue weighted by atomic mass is 10.2. The first-order valence-corrected chi connectivity index (χ1v) is 8.44. The largest absolute Gasteiger partial charge is 0.465 e. The third kappa shape index (κ3) is 3.95. The van der Waals surface area contributed by atoms with Crippen molar-refractivity contribution in [1.29, 1.82) is 0 Å². The van der Waals surface area contributed by atoms with Crippen LogP contribution in [-0.2, 0) is 14.9 Å². The van der Waals surface area contributed by atoms with Gasteiger partial charge in [0, 0.05) is 13.1 Å². The average Bonchev–Trinajstić information content (AvgIpc) is 2.76. The Hall–Kier alpha value is -1.60. The van der Waals surface area contributed by atoms with Crippen LogP contribution in [-0.4, -0.2) is 38.9 Å². The fourth-order valence-corrected chi connectivity index (χ4v) is 3.67. The Bertz CT molecular complexity index is 593. The van der Waals surface area contributed by atoms with Gasteiger partial charge in [0.15, 0.2) is 0 Å². The van der Waals surface area contributed by atoms with Crippen LogP contribution in [0.5, 0.6) is 0 Å². The molecule has 0 aliphatic carbocycles. The van der Waals surface area contributed by atoms with Gasteiger partial charge in [-0.05, 0) is 25.0 Å². The molecule has 1 aliphatic heterocycles. The first-order valence-electron chi connectivity index (χ1n) is 7.00. The van der Waals surface area contributed by atoms with Crippen LogP contribution in [0.2, 0.25) is 0 Å². The van der Waals surface area contributed by atoms with Crippen LogP contribution in [0.15, 0.2) is 24.3 Å². The predicted molar refractivity (Wildman–Crippen MR) is 80.4 cm³/mol. The maximum atomic E-state index is 12.4. The van der Waals surface area contributed by atoms with Crippen molar-refractivity contribution in [2.45, 2.75) is 25.7 Å². The van der Waals surface area contributed by atoms with Crippen molar-refractivity contribution in [2.75, 3.05) is 24.9 Å². The van der Waals surface area contributed by atoms with Gasteiger partial charge in [0.1, 0.15) is 0 Å². The molecule has 1 aromatic rings. The monoisotopic (exact) mass is 312 g/mol. The van der Waals surface area contributed by atoms with Gasteiger partial charge in [0.25, 0.3) is 0 Å². The van der Waals surface area contributed by atoms with Crippen molar-refractivity contribution in [1.82, 2.24) is 4.31 Å². The van der Waals surface area contributed by atoms with Gasteiger partial charge in [-0.25, -0.2) is 4.79 Å². The number of methoxy groups -OCH3 is 1.